The Kier molecular flexibility index (Phi) is 5.20. The number of ether oxygens (including phenoxy) is 2. The maximum Gasteiger partial charge on any atom is 0.224 e. The zero-order valence-corrected chi connectivity index (χ0v) is 13.1. The van der Waals surface area contributed by atoms with Crippen molar-refractivity contribution in [3.63, 3.8) is 0 Å². The molecule has 1 aromatic rings. The van der Waals surface area contributed by atoms with Gasteiger partial charge >= 0.3 is 0 Å². The molecule has 1 aliphatic heterocycles. The van der Waals surface area contributed by atoms with Crippen LogP contribution in [0.15, 0.2) is 18.2 Å². The Morgan fingerprint density at radius 3 is 2.64 bits per heavy atom. The third kappa shape index (κ3) is 4.15. The number of rotatable bonds is 4. The van der Waals surface area contributed by atoms with E-state index in [-0.39, 0.29) is 5.91 Å². The van der Waals surface area contributed by atoms with Crippen molar-refractivity contribution in [2.75, 3.05) is 18.5 Å². The molecule has 1 heterocycles. The minimum Gasteiger partial charge on any atom is -0.490 e. The Balaban J connectivity index is 1.51. The largest absolute Gasteiger partial charge is 0.490 e. The number of carbonyl (C=O) groups is 1. The summed E-state index contributed by atoms with van der Waals surface area (Å²) >= 11 is 0. The van der Waals surface area contributed by atoms with Crippen LogP contribution in [0, 0.1) is 5.92 Å². The van der Waals surface area contributed by atoms with Crippen molar-refractivity contribution in [1.82, 2.24) is 0 Å². The lowest BCUT2D eigenvalue weighted by Crippen LogP contribution is -2.14. The molecule has 2 aliphatic rings. The van der Waals surface area contributed by atoms with Crippen LogP contribution in [0.5, 0.6) is 11.5 Å². The van der Waals surface area contributed by atoms with Gasteiger partial charge in [0.25, 0.3) is 0 Å². The van der Waals surface area contributed by atoms with Crippen LogP contribution in [0.25, 0.3) is 0 Å². The zero-order valence-electron chi connectivity index (χ0n) is 13.1. The number of hydrogen-bond acceptors (Lipinski definition) is 3. The molecule has 0 bridgehead atoms. The van der Waals surface area contributed by atoms with E-state index in [0.29, 0.717) is 19.6 Å². The van der Waals surface area contributed by atoms with Gasteiger partial charge in [-0.05, 0) is 24.5 Å². The molecule has 1 aliphatic carbocycles. The van der Waals surface area contributed by atoms with Gasteiger partial charge in [0.1, 0.15) is 0 Å². The summed E-state index contributed by atoms with van der Waals surface area (Å²) in [5.74, 6) is 2.32. The van der Waals surface area contributed by atoms with Gasteiger partial charge in [-0.2, -0.15) is 0 Å². The summed E-state index contributed by atoms with van der Waals surface area (Å²) in [7, 11) is 0. The second-order valence-electron chi connectivity index (χ2n) is 6.30. The molecular weight excluding hydrogens is 278 g/mol. The first-order chi connectivity index (χ1) is 10.8. The van der Waals surface area contributed by atoms with E-state index in [1.165, 1.54) is 32.1 Å². The Hall–Kier alpha value is -1.71. The molecule has 3 rings (SSSR count). The SMILES string of the molecule is O=C(CCC1CCCCC1)Nc1ccc2c(c1)OCCCO2. The van der Waals surface area contributed by atoms with Crippen molar-refractivity contribution in [1.29, 1.82) is 0 Å². The summed E-state index contributed by atoms with van der Waals surface area (Å²) in [6.45, 7) is 1.34. The molecular formula is C18H25NO3. The van der Waals surface area contributed by atoms with E-state index >= 15 is 0 Å². The highest BCUT2D eigenvalue weighted by molar-refractivity contribution is 5.91. The van der Waals surface area contributed by atoms with Gasteiger partial charge in [0.15, 0.2) is 11.5 Å². The number of anilines is 1. The first-order valence-corrected chi connectivity index (χ1v) is 8.51. The molecule has 4 nitrogen and oxygen atoms in total. The summed E-state index contributed by atoms with van der Waals surface area (Å²) < 4.78 is 11.2. The maximum atomic E-state index is 12.1. The molecule has 1 amide bonds. The summed E-state index contributed by atoms with van der Waals surface area (Å²) in [6.07, 6.45) is 9.10. The van der Waals surface area contributed by atoms with Gasteiger partial charge in [-0.3, -0.25) is 4.79 Å². The Morgan fingerprint density at radius 2 is 1.82 bits per heavy atom. The number of hydrogen-bond donors (Lipinski definition) is 1. The Morgan fingerprint density at radius 1 is 1.05 bits per heavy atom. The van der Waals surface area contributed by atoms with Crippen LogP contribution >= 0.6 is 0 Å². The predicted molar refractivity (Wildman–Crippen MR) is 86.5 cm³/mol. The van der Waals surface area contributed by atoms with Crippen LogP contribution in [0.4, 0.5) is 5.69 Å². The average molecular weight is 303 g/mol. The lowest BCUT2D eigenvalue weighted by molar-refractivity contribution is -0.116. The second-order valence-corrected chi connectivity index (χ2v) is 6.30. The van der Waals surface area contributed by atoms with E-state index in [9.17, 15) is 4.79 Å². The lowest BCUT2D eigenvalue weighted by Gasteiger charge is -2.21. The van der Waals surface area contributed by atoms with Crippen LogP contribution in [0.1, 0.15) is 51.4 Å². The molecule has 1 N–H and O–H groups in total. The minimum atomic E-state index is 0.0973. The summed E-state index contributed by atoms with van der Waals surface area (Å²) in [5.41, 5.74) is 0.790. The van der Waals surface area contributed by atoms with Crippen LogP contribution < -0.4 is 14.8 Å². The van der Waals surface area contributed by atoms with Crippen molar-refractivity contribution in [3.05, 3.63) is 18.2 Å². The van der Waals surface area contributed by atoms with E-state index in [0.717, 1.165) is 35.9 Å². The van der Waals surface area contributed by atoms with E-state index in [1.54, 1.807) is 0 Å². The summed E-state index contributed by atoms with van der Waals surface area (Å²) in [4.78, 5) is 12.1. The van der Waals surface area contributed by atoms with Gasteiger partial charge in [0.2, 0.25) is 5.91 Å². The normalized spacial score (nSPS) is 18.5. The fourth-order valence-corrected chi connectivity index (χ4v) is 3.28. The number of carbonyl (C=O) groups excluding carboxylic acids is 1. The highest BCUT2D eigenvalue weighted by atomic mass is 16.5. The maximum absolute atomic E-state index is 12.1. The highest BCUT2D eigenvalue weighted by Crippen LogP contribution is 2.32. The molecule has 0 atom stereocenters. The predicted octanol–water partition coefficient (Wildman–Crippen LogP) is 4.15. The molecule has 0 unspecified atom stereocenters. The zero-order chi connectivity index (χ0) is 15.2. The van der Waals surface area contributed by atoms with Crippen molar-refractivity contribution in [2.24, 2.45) is 5.92 Å². The third-order valence-electron chi connectivity index (χ3n) is 4.54. The second kappa shape index (κ2) is 7.52. The number of nitrogens with one attached hydrogen (secondary N) is 1. The Bertz CT molecular complexity index is 509. The molecule has 0 radical (unpaired) electrons. The quantitative estimate of drug-likeness (QED) is 0.909. The van der Waals surface area contributed by atoms with Crippen molar-refractivity contribution in [3.8, 4) is 11.5 Å². The molecule has 22 heavy (non-hydrogen) atoms. The van der Waals surface area contributed by atoms with Gasteiger partial charge in [-0.25, -0.2) is 0 Å². The first-order valence-electron chi connectivity index (χ1n) is 8.51. The fourth-order valence-electron chi connectivity index (χ4n) is 3.28. The van der Waals surface area contributed by atoms with E-state index in [4.69, 9.17) is 9.47 Å². The number of amides is 1. The van der Waals surface area contributed by atoms with Crippen molar-refractivity contribution >= 4 is 11.6 Å². The average Bonchev–Trinajstić information content (AvgIpc) is 2.79. The van der Waals surface area contributed by atoms with Gasteiger partial charge in [-0.15, -0.1) is 0 Å². The molecule has 0 saturated heterocycles. The van der Waals surface area contributed by atoms with Crippen LogP contribution in [-0.4, -0.2) is 19.1 Å². The molecule has 1 fully saturated rings. The molecule has 1 aromatic carbocycles. The van der Waals surface area contributed by atoms with E-state index in [2.05, 4.69) is 5.32 Å². The third-order valence-corrected chi connectivity index (χ3v) is 4.54. The van der Waals surface area contributed by atoms with Gasteiger partial charge in [-0.1, -0.05) is 32.1 Å². The minimum absolute atomic E-state index is 0.0973. The van der Waals surface area contributed by atoms with Gasteiger partial charge < -0.3 is 14.8 Å². The lowest BCUT2D eigenvalue weighted by atomic mass is 9.86. The number of fused-ring (bicyclic) bond motifs is 1. The van der Waals surface area contributed by atoms with Crippen molar-refractivity contribution in [2.45, 2.75) is 51.4 Å². The molecule has 4 heteroatoms. The van der Waals surface area contributed by atoms with Gasteiger partial charge in [0, 0.05) is 24.6 Å². The van der Waals surface area contributed by atoms with E-state index in [1.807, 2.05) is 18.2 Å². The standard InChI is InChI=1S/C18H25NO3/c20-18(10-7-14-5-2-1-3-6-14)19-15-8-9-16-17(13-15)22-12-4-11-21-16/h8-9,13-14H,1-7,10-12H2,(H,19,20). The van der Waals surface area contributed by atoms with E-state index < -0.39 is 0 Å². The highest BCUT2D eigenvalue weighted by Gasteiger charge is 2.16. The van der Waals surface area contributed by atoms with Crippen LogP contribution in [0.3, 0.4) is 0 Å². The summed E-state index contributed by atoms with van der Waals surface area (Å²) in [5, 5.41) is 2.98. The van der Waals surface area contributed by atoms with Crippen molar-refractivity contribution < 1.29 is 14.3 Å². The van der Waals surface area contributed by atoms with Crippen LogP contribution in [0.2, 0.25) is 0 Å². The summed E-state index contributed by atoms with van der Waals surface area (Å²) in [6, 6.07) is 5.61. The molecule has 0 spiro atoms. The first kappa shape index (κ1) is 15.2. The fraction of sp³-hybridized carbons (Fsp3) is 0.611. The molecule has 120 valence electrons. The Labute approximate surface area is 132 Å². The molecule has 1 saturated carbocycles. The number of benzene rings is 1. The monoisotopic (exact) mass is 303 g/mol. The molecule has 0 aromatic heterocycles. The van der Waals surface area contributed by atoms with Crippen LogP contribution in [-0.2, 0) is 4.79 Å². The topological polar surface area (TPSA) is 47.6 Å². The smallest absolute Gasteiger partial charge is 0.224 e. The van der Waals surface area contributed by atoms with Gasteiger partial charge in [0.05, 0.1) is 13.2 Å².